The van der Waals surface area contributed by atoms with Gasteiger partial charge in [-0.15, -0.1) is 0 Å². The van der Waals surface area contributed by atoms with Gasteiger partial charge in [-0.1, -0.05) is 11.3 Å². The van der Waals surface area contributed by atoms with Gasteiger partial charge in [0.15, 0.2) is 11.1 Å². The number of ether oxygens (including phenoxy) is 1. The molecule has 4 rings (SSSR count). The Morgan fingerprint density at radius 1 is 1.35 bits per heavy atom. The van der Waals surface area contributed by atoms with E-state index in [1.54, 1.807) is 19.9 Å². The molecule has 3 aromatic heterocycles. The molecule has 1 amide bonds. The van der Waals surface area contributed by atoms with Gasteiger partial charge in [0.1, 0.15) is 5.56 Å². The van der Waals surface area contributed by atoms with Crippen molar-refractivity contribution in [1.29, 1.82) is 0 Å². The Balaban J connectivity index is 2.01. The molecule has 0 bridgehead atoms. The Labute approximate surface area is 182 Å². The number of pyridine rings is 1. The largest absolute Gasteiger partial charge is 0.462 e. The van der Waals surface area contributed by atoms with Crippen LogP contribution in [0.2, 0.25) is 0 Å². The molecule has 0 atom stereocenters. The van der Waals surface area contributed by atoms with Gasteiger partial charge < -0.3 is 20.0 Å². The zero-order valence-corrected chi connectivity index (χ0v) is 18.2. The summed E-state index contributed by atoms with van der Waals surface area (Å²) >= 11 is 1.47. The molecule has 8 nitrogen and oxygen atoms in total. The SMILES string of the molecule is CCOC(=O)c1c([NH+]=c2oc3c(C)ncc(CO)c3cc2C(N)=O)sc2c1CCCC2. The number of primary amides is 1. The second-order valence-corrected chi connectivity index (χ2v) is 8.49. The lowest BCUT2D eigenvalue weighted by Crippen LogP contribution is -2.71. The molecule has 3 heterocycles. The number of hydrogen-bond donors (Lipinski definition) is 3. The molecule has 0 aromatic carbocycles. The number of esters is 1. The third-order valence-corrected chi connectivity index (χ3v) is 6.59. The van der Waals surface area contributed by atoms with Gasteiger partial charge in [-0.3, -0.25) is 9.78 Å². The molecular formula is C22H24N3O5S+. The average molecular weight is 443 g/mol. The first kappa shape index (κ1) is 21.2. The number of nitrogens with one attached hydrogen (secondary N) is 1. The fourth-order valence-corrected chi connectivity index (χ4v) is 5.15. The number of nitrogens with two attached hydrogens (primary N) is 1. The van der Waals surface area contributed by atoms with Crippen molar-refractivity contribution < 1.29 is 28.8 Å². The van der Waals surface area contributed by atoms with E-state index >= 15 is 0 Å². The van der Waals surface area contributed by atoms with Gasteiger partial charge in [-0.25, -0.2) is 4.79 Å². The van der Waals surface area contributed by atoms with E-state index in [0.29, 0.717) is 32.8 Å². The Morgan fingerprint density at radius 3 is 2.84 bits per heavy atom. The molecule has 4 N–H and O–H groups in total. The first-order valence-electron chi connectivity index (χ1n) is 10.2. The summed E-state index contributed by atoms with van der Waals surface area (Å²) in [5.41, 5.74) is 8.92. The summed E-state index contributed by atoms with van der Waals surface area (Å²) in [7, 11) is 0. The van der Waals surface area contributed by atoms with E-state index in [0.717, 1.165) is 36.1 Å². The molecule has 1 aliphatic carbocycles. The number of thiophene rings is 1. The summed E-state index contributed by atoms with van der Waals surface area (Å²) in [6.07, 6.45) is 5.32. The van der Waals surface area contributed by atoms with Crippen molar-refractivity contribution in [3.8, 4) is 0 Å². The van der Waals surface area contributed by atoms with Crippen LogP contribution >= 0.6 is 11.3 Å². The smallest absolute Gasteiger partial charge is 0.386 e. The topological polar surface area (TPSA) is 130 Å². The van der Waals surface area contributed by atoms with Gasteiger partial charge in [0.05, 0.1) is 18.9 Å². The number of fused-ring (bicyclic) bond motifs is 2. The van der Waals surface area contributed by atoms with Crippen LogP contribution in [0.4, 0.5) is 5.00 Å². The zero-order valence-electron chi connectivity index (χ0n) is 17.4. The summed E-state index contributed by atoms with van der Waals surface area (Å²) < 4.78 is 11.3. The molecule has 0 fully saturated rings. The van der Waals surface area contributed by atoms with Crippen LogP contribution in [0.5, 0.6) is 0 Å². The number of carbonyl (C=O) groups excluding carboxylic acids is 2. The highest BCUT2D eigenvalue weighted by Crippen LogP contribution is 2.36. The first-order valence-corrected chi connectivity index (χ1v) is 11.0. The maximum Gasteiger partial charge on any atom is 0.386 e. The van der Waals surface area contributed by atoms with Crippen LogP contribution in [0.25, 0.3) is 11.0 Å². The number of aromatic nitrogens is 1. The predicted molar refractivity (Wildman–Crippen MR) is 114 cm³/mol. The first-order chi connectivity index (χ1) is 14.9. The van der Waals surface area contributed by atoms with Crippen molar-refractivity contribution in [2.45, 2.75) is 46.1 Å². The minimum absolute atomic E-state index is 0.119. The summed E-state index contributed by atoms with van der Waals surface area (Å²) in [6, 6.07) is 1.58. The molecule has 0 saturated heterocycles. The summed E-state index contributed by atoms with van der Waals surface area (Å²) in [6.45, 7) is 3.55. The van der Waals surface area contributed by atoms with Gasteiger partial charge >= 0.3 is 11.5 Å². The lowest BCUT2D eigenvalue weighted by atomic mass is 9.95. The number of aliphatic hydroxyl groups excluding tert-OH is 1. The Hall–Kier alpha value is -3.04. The van der Waals surface area contributed by atoms with E-state index in [1.807, 2.05) is 0 Å². The van der Waals surface area contributed by atoms with Gasteiger partial charge in [-0.05, 0) is 51.2 Å². The van der Waals surface area contributed by atoms with Crippen molar-refractivity contribution in [2.24, 2.45) is 5.73 Å². The Morgan fingerprint density at radius 2 is 2.13 bits per heavy atom. The number of aliphatic hydroxyl groups is 1. The number of carbonyl (C=O) groups is 2. The van der Waals surface area contributed by atoms with Crippen molar-refractivity contribution in [3.05, 3.63) is 50.6 Å². The highest BCUT2D eigenvalue weighted by Gasteiger charge is 2.30. The predicted octanol–water partition coefficient (Wildman–Crippen LogP) is 1.16. The lowest BCUT2D eigenvalue weighted by molar-refractivity contribution is -0.413. The van der Waals surface area contributed by atoms with Crippen LogP contribution in [0.1, 0.15) is 62.2 Å². The van der Waals surface area contributed by atoms with E-state index in [9.17, 15) is 14.7 Å². The van der Waals surface area contributed by atoms with Gasteiger partial charge in [0.2, 0.25) is 0 Å². The number of hydrogen-bond acceptors (Lipinski definition) is 7. The van der Waals surface area contributed by atoms with Crippen LogP contribution in [-0.4, -0.2) is 28.6 Å². The molecule has 0 aliphatic heterocycles. The number of rotatable bonds is 5. The number of amides is 1. The second kappa shape index (κ2) is 8.60. The molecule has 0 radical (unpaired) electrons. The van der Waals surface area contributed by atoms with Crippen LogP contribution in [0.3, 0.4) is 0 Å². The zero-order chi connectivity index (χ0) is 22.1. The molecule has 0 unspecified atom stereocenters. The maximum atomic E-state index is 12.7. The minimum Gasteiger partial charge on any atom is -0.462 e. The second-order valence-electron chi connectivity index (χ2n) is 7.38. The third-order valence-electron chi connectivity index (χ3n) is 5.38. The fraction of sp³-hybridized carbons (Fsp3) is 0.364. The van der Waals surface area contributed by atoms with Crippen LogP contribution < -0.4 is 16.3 Å². The molecule has 162 valence electrons. The van der Waals surface area contributed by atoms with Crippen LogP contribution in [0.15, 0.2) is 16.7 Å². The highest BCUT2D eigenvalue weighted by atomic mass is 32.1. The van der Waals surface area contributed by atoms with E-state index < -0.39 is 11.9 Å². The normalized spacial score (nSPS) is 14.0. The average Bonchev–Trinajstić information content (AvgIpc) is 3.12. The van der Waals surface area contributed by atoms with E-state index in [4.69, 9.17) is 14.9 Å². The molecule has 0 spiro atoms. The summed E-state index contributed by atoms with van der Waals surface area (Å²) in [5, 5.41) is 10.8. The maximum absolute atomic E-state index is 12.7. The third kappa shape index (κ3) is 3.86. The van der Waals surface area contributed by atoms with E-state index in [2.05, 4.69) is 9.98 Å². The lowest BCUT2D eigenvalue weighted by Gasteiger charge is -2.11. The van der Waals surface area contributed by atoms with Gasteiger partial charge in [0.25, 0.3) is 10.9 Å². The molecular weight excluding hydrogens is 418 g/mol. The minimum atomic E-state index is -0.689. The number of aryl methyl sites for hydroxylation is 2. The Bertz CT molecular complexity index is 1260. The van der Waals surface area contributed by atoms with E-state index in [1.165, 1.54) is 17.5 Å². The summed E-state index contributed by atoms with van der Waals surface area (Å²) in [5.74, 6) is -1.09. The Kier molecular flexibility index (Phi) is 5.88. The van der Waals surface area contributed by atoms with Gasteiger partial charge in [-0.2, -0.15) is 4.99 Å². The molecule has 9 heteroatoms. The number of nitrogens with zero attached hydrogens (tertiary/aromatic N) is 1. The van der Waals surface area contributed by atoms with E-state index in [-0.39, 0.29) is 24.3 Å². The van der Waals surface area contributed by atoms with Crippen molar-refractivity contribution in [3.63, 3.8) is 0 Å². The monoisotopic (exact) mass is 442 g/mol. The fourth-order valence-electron chi connectivity index (χ4n) is 3.88. The highest BCUT2D eigenvalue weighted by molar-refractivity contribution is 7.15. The van der Waals surface area contributed by atoms with Crippen molar-refractivity contribution >= 4 is 39.2 Å². The van der Waals surface area contributed by atoms with Crippen LogP contribution in [-0.2, 0) is 24.2 Å². The van der Waals surface area contributed by atoms with Gasteiger partial charge in [0, 0.05) is 22.0 Å². The van der Waals surface area contributed by atoms with Crippen LogP contribution in [0, 0.1) is 6.92 Å². The molecule has 0 saturated carbocycles. The molecule has 31 heavy (non-hydrogen) atoms. The quantitative estimate of drug-likeness (QED) is 0.509. The standard InChI is InChI=1S/C22H23N3O5S/c1-3-29-22(28)17-13-6-4-5-7-16(13)31-21(17)25-20-15(19(23)27)8-14-12(10-26)9-24-11(2)18(14)30-20/h8-9,26H,3-7,10H2,1-2H3,(H2,23,27)/p+1. The van der Waals surface area contributed by atoms with Crippen molar-refractivity contribution in [1.82, 2.24) is 4.98 Å². The molecule has 1 aliphatic rings. The summed E-state index contributed by atoms with van der Waals surface area (Å²) in [4.78, 5) is 33.5. The molecule has 3 aromatic rings. The van der Waals surface area contributed by atoms with Crippen molar-refractivity contribution in [2.75, 3.05) is 6.61 Å².